The summed E-state index contributed by atoms with van der Waals surface area (Å²) >= 11 is 0. The van der Waals surface area contributed by atoms with Crippen LogP contribution in [0.15, 0.2) is 36.4 Å². The van der Waals surface area contributed by atoms with Gasteiger partial charge in [0.2, 0.25) is 0 Å². The summed E-state index contributed by atoms with van der Waals surface area (Å²) in [5.41, 5.74) is -0.265. The summed E-state index contributed by atoms with van der Waals surface area (Å²) in [6.45, 7) is 1.21. The first kappa shape index (κ1) is 17.7. The molecule has 2 aromatic carbocycles. The molecule has 0 amide bonds. The monoisotopic (exact) mass is 342 g/mol. The van der Waals surface area contributed by atoms with Crippen molar-refractivity contribution in [2.45, 2.75) is 6.92 Å². The van der Waals surface area contributed by atoms with Crippen molar-refractivity contribution >= 4 is 23.6 Å². The summed E-state index contributed by atoms with van der Waals surface area (Å²) in [6.07, 6.45) is 2.38. The SMILES string of the molecule is CC(=O)c1cc(C(=O)/C=C/c2ccc(O)c(C(=O)O)c2)c(O)cc1O. The number of carbonyl (C=O) groups is 3. The molecule has 4 N–H and O–H groups in total. The Hall–Kier alpha value is -3.61. The number of aromatic carboxylic acids is 1. The third kappa shape index (κ3) is 3.84. The largest absolute Gasteiger partial charge is 0.507 e. The van der Waals surface area contributed by atoms with Crippen LogP contribution in [0, 0.1) is 0 Å². The molecule has 2 aromatic rings. The number of phenolic OH excluding ortho intramolecular Hbond substituents is 2. The molecule has 0 unspecified atom stereocenters. The van der Waals surface area contributed by atoms with Gasteiger partial charge in [-0.1, -0.05) is 12.1 Å². The molecule has 0 atom stereocenters. The fourth-order valence-corrected chi connectivity index (χ4v) is 2.15. The van der Waals surface area contributed by atoms with Crippen LogP contribution in [0.1, 0.15) is 43.6 Å². The Morgan fingerprint density at radius 3 is 2.08 bits per heavy atom. The number of benzene rings is 2. The summed E-state index contributed by atoms with van der Waals surface area (Å²) in [5, 5.41) is 37.8. The number of rotatable bonds is 5. The molecule has 0 aliphatic carbocycles. The lowest BCUT2D eigenvalue weighted by molar-refractivity contribution is 0.0693. The van der Waals surface area contributed by atoms with Gasteiger partial charge in [0.25, 0.3) is 0 Å². The molecule has 0 heterocycles. The van der Waals surface area contributed by atoms with E-state index in [1.807, 2.05) is 0 Å². The van der Waals surface area contributed by atoms with Crippen LogP contribution in [0.4, 0.5) is 0 Å². The van der Waals surface area contributed by atoms with Crippen LogP contribution in [-0.4, -0.2) is 38.0 Å². The topological polar surface area (TPSA) is 132 Å². The number of carboxylic acids is 1. The zero-order valence-electron chi connectivity index (χ0n) is 13.1. The fraction of sp³-hybridized carbons (Fsp3) is 0.0556. The lowest BCUT2D eigenvalue weighted by Gasteiger charge is -2.06. The first-order valence-electron chi connectivity index (χ1n) is 7.06. The summed E-state index contributed by atoms with van der Waals surface area (Å²) in [6, 6.07) is 5.75. The summed E-state index contributed by atoms with van der Waals surface area (Å²) < 4.78 is 0. The van der Waals surface area contributed by atoms with Crippen LogP contribution in [0.25, 0.3) is 6.08 Å². The molecule has 2 rings (SSSR count). The third-order valence-corrected chi connectivity index (χ3v) is 3.44. The lowest BCUT2D eigenvalue weighted by atomic mass is 10.0. The Labute approximate surface area is 142 Å². The van der Waals surface area contributed by atoms with Crippen molar-refractivity contribution < 1.29 is 34.8 Å². The molecular weight excluding hydrogens is 328 g/mol. The highest BCUT2D eigenvalue weighted by atomic mass is 16.4. The Morgan fingerprint density at radius 2 is 1.48 bits per heavy atom. The van der Waals surface area contributed by atoms with Gasteiger partial charge < -0.3 is 20.4 Å². The molecule has 0 aliphatic heterocycles. The normalized spacial score (nSPS) is 10.8. The molecule has 0 radical (unpaired) electrons. The maximum Gasteiger partial charge on any atom is 0.339 e. The number of hydrogen-bond donors (Lipinski definition) is 4. The van der Waals surface area contributed by atoms with Crippen molar-refractivity contribution in [3.63, 3.8) is 0 Å². The summed E-state index contributed by atoms with van der Waals surface area (Å²) in [5.74, 6) is -3.77. The maximum atomic E-state index is 12.2. The van der Waals surface area contributed by atoms with Crippen molar-refractivity contribution in [3.8, 4) is 17.2 Å². The van der Waals surface area contributed by atoms with Crippen LogP contribution in [-0.2, 0) is 0 Å². The van der Waals surface area contributed by atoms with Crippen molar-refractivity contribution in [2.75, 3.05) is 0 Å². The zero-order valence-corrected chi connectivity index (χ0v) is 13.1. The van der Waals surface area contributed by atoms with Gasteiger partial charge >= 0.3 is 5.97 Å². The third-order valence-electron chi connectivity index (χ3n) is 3.44. The summed E-state index contributed by atoms with van der Waals surface area (Å²) in [4.78, 5) is 34.6. The molecule has 0 aromatic heterocycles. The van der Waals surface area contributed by atoms with Gasteiger partial charge in [0.15, 0.2) is 11.6 Å². The van der Waals surface area contributed by atoms with E-state index in [1.165, 1.54) is 31.2 Å². The van der Waals surface area contributed by atoms with Gasteiger partial charge in [-0.3, -0.25) is 9.59 Å². The number of Topliss-reactive ketones (excluding diaryl/α,β-unsaturated/α-hetero) is 1. The lowest BCUT2D eigenvalue weighted by Crippen LogP contribution is -2.00. The van der Waals surface area contributed by atoms with Gasteiger partial charge in [0, 0.05) is 6.07 Å². The quantitative estimate of drug-likeness (QED) is 0.485. The van der Waals surface area contributed by atoms with Gasteiger partial charge in [-0.25, -0.2) is 4.79 Å². The highest BCUT2D eigenvalue weighted by molar-refractivity contribution is 6.10. The second kappa shape index (κ2) is 6.88. The highest BCUT2D eigenvalue weighted by Gasteiger charge is 2.16. The van der Waals surface area contributed by atoms with E-state index in [4.69, 9.17) is 5.11 Å². The van der Waals surface area contributed by atoms with Gasteiger partial charge in [-0.2, -0.15) is 0 Å². The molecule has 128 valence electrons. The summed E-state index contributed by atoms with van der Waals surface area (Å²) in [7, 11) is 0. The second-order valence-electron chi connectivity index (χ2n) is 5.22. The Morgan fingerprint density at radius 1 is 0.840 bits per heavy atom. The smallest absolute Gasteiger partial charge is 0.339 e. The standard InChI is InChI=1S/C18H14O7/c1-9(19)11-7-12(17(23)8-16(11)22)14(20)4-2-10-3-5-15(21)13(6-10)18(24)25/h2-8,21-23H,1H3,(H,24,25)/b4-2+. The number of carboxylic acid groups (broad SMARTS) is 1. The molecule has 7 heteroatoms. The molecule has 0 saturated heterocycles. The molecule has 25 heavy (non-hydrogen) atoms. The second-order valence-corrected chi connectivity index (χ2v) is 5.22. The number of allylic oxidation sites excluding steroid dienone is 1. The van der Waals surface area contributed by atoms with Gasteiger partial charge in [0.05, 0.1) is 11.1 Å². The van der Waals surface area contributed by atoms with Crippen LogP contribution < -0.4 is 0 Å². The minimum absolute atomic E-state index is 0.104. The van der Waals surface area contributed by atoms with E-state index in [0.717, 1.165) is 18.2 Å². The molecular formula is C18H14O7. The number of ketones is 2. The van der Waals surface area contributed by atoms with Crippen LogP contribution in [0.2, 0.25) is 0 Å². The Bertz CT molecular complexity index is 910. The maximum absolute atomic E-state index is 12.2. The molecule has 0 aliphatic rings. The van der Waals surface area contributed by atoms with E-state index in [2.05, 4.69) is 0 Å². The van der Waals surface area contributed by atoms with E-state index in [1.54, 1.807) is 0 Å². The molecule has 0 bridgehead atoms. The van der Waals surface area contributed by atoms with E-state index in [0.29, 0.717) is 5.56 Å². The highest BCUT2D eigenvalue weighted by Crippen LogP contribution is 2.28. The zero-order chi connectivity index (χ0) is 18.7. The predicted octanol–water partition coefficient (Wildman–Crippen LogP) is 2.60. The Kier molecular flexibility index (Phi) is 4.88. The predicted molar refractivity (Wildman–Crippen MR) is 88.2 cm³/mol. The van der Waals surface area contributed by atoms with Gasteiger partial charge in [-0.15, -0.1) is 0 Å². The Balaban J connectivity index is 2.35. The number of aromatic hydroxyl groups is 3. The van der Waals surface area contributed by atoms with Crippen molar-refractivity contribution in [1.82, 2.24) is 0 Å². The van der Waals surface area contributed by atoms with Crippen LogP contribution in [0.3, 0.4) is 0 Å². The van der Waals surface area contributed by atoms with Crippen molar-refractivity contribution in [2.24, 2.45) is 0 Å². The first-order chi connectivity index (χ1) is 11.7. The van der Waals surface area contributed by atoms with Crippen molar-refractivity contribution in [3.05, 3.63) is 58.7 Å². The van der Waals surface area contributed by atoms with Crippen LogP contribution >= 0.6 is 0 Å². The molecule has 0 saturated carbocycles. The van der Waals surface area contributed by atoms with E-state index >= 15 is 0 Å². The minimum atomic E-state index is -1.32. The first-order valence-corrected chi connectivity index (χ1v) is 7.06. The molecule has 0 fully saturated rings. The average Bonchev–Trinajstić information content (AvgIpc) is 2.53. The minimum Gasteiger partial charge on any atom is -0.507 e. The van der Waals surface area contributed by atoms with E-state index < -0.39 is 34.8 Å². The van der Waals surface area contributed by atoms with E-state index in [9.17, 15) is 29.7 Å². The number of phenols is 3. The fourth-order valence-electron chi connectivity index (χ4n) is 2.15. The van der Waals surface area contributed by atoms with E-state index in [-0.39, 0.29) is 16.7 Å². The molecule has 7 nitrogen and oxygen atoms in total. The number of hydrogen-bond acceptors (Lipinski definition) is 6. The van der Waals surface area contributed by atoms with Crippen molar-refractivity contribution in [1.29, 1.82) is 0 Å². The average molecular weight is 342 g/mol. The van der Waals surface area contributed by atoms with Gasteiger partial charge in [-0.05, 0) is 36.8 Å². The van der Waals surface area contributed by atoms with Crippen LogP contribution in [0.5, 0.6) is 17.2 Å². The molecule has 0 spiro atoms. The van der Waals surface area contributed by atoms with Gasteiger partial charge in [0.1, 0.15) is 22.8 Å². The number of carbonyl (C=O) groups excluding carboxylic acids is 2.